The minimum absolute atomic E-state index is 0.128. The summed E-state index contributed by atoms with van der Waals surface area (Å²) in [5.74, 6) is 2.13. The van der Waals surface area contributed by atoms with Crippen molar-refractivity contribution in [2.24, 2.45) is 0 Å². The highest BCUT2D eigenvalue weighted by Gasteiger charge is 2.29. The monoisotopic (exact) mass is 432 g/mol. The third-order valence-corrected chi connectivity index (χ3v) is 4.75. The minimum Gasteiger partial charge on any atom is -0.303 e. The van der Waals surface area contributed by atoms with E-state index in [2.05, 4.69) is 36.3 Å². The lowest BCUT2D eigenvalue weighted by molar-refractivity contribution is 0.275. The third-order valence-electron chi connectivity index (χ3n) is 4.75. The smallest absolute Gasteiger partial charge is 0.303 e. The molecule has 1 atom stereocenters. The van der Waals surface area contributed by atoms with Crippen molar-refractivity contribution >= 4 is 24.9 Å². The van der Waals surface area contributed by atoms with Crippen molar-refractivity contribution in [3.05, 3.63) is 125 Å². The molecule has 0 aliphatic heterocycles. The van der Waals surface area contributed by atoms with E-state index in [1.807, 2.05) is 72.8 Å². The molecule has 0 spiro atoms. The quantitative estimate of drug-likeness (QED) is 0.409. The van der Waals surface area contributed by atoms with E-state index in [1.165, 1.54) is 0 Å². The van der Waals surface area contributed by atoms with Gasteiger partial charge in [-0.1, -0.05) is 103 Å². The Bertz CT molecular complexity index is 1160. The summed E-state index contributed by atoms with van der Waals surface area (Å²) in [5, 5.41) is 0. The van der Waals surface area contributed by atoms with Gasteiger partial charge in [-0.05, 0) is 27.8 Å². The van der Waals surface area contributed by atoms with E-state index < -0.39 is 7.82 Å². The molecule has 4 rings (SSSR count). The summed E-state index contributed by atoms with van der Waals surface area (Å²) in [5.41, 5.74) is 6.00. The van der Waals surface area contributed by atoms with Gasteiger partial charge in [-0.2, -0.15) is 0 Å². The van der Waals surface area contributed by atoms with E-state index in [4.69, 9.17) is 19.2 Å². The number of benzene rings is 3. The van der Waals surface area contributed by atoms with Crippen LogP contribution in [-0.2, 0) is 9.36 Å². The van der Waals surface area contributed by atoms with E-state index in [-0.39, 0.29) is 5.92 Å². The molecule has 0 bridgehead atoms. The Labute approximate surface area is 180 Å². The fourth-order valence-corrected chi connectivity index (χ4v) is 3.54. The largest absolute Gasteiger partial charge is 0.466 e. The lowest BCUT2D eigenvalue weighted by atomic mass is 9.74. The Morgan fingerprint density at radius 3 is 1.61 bits per heavy atom. The van der Waals surface area contributed by atoms with Crippen LogP contribution >= 0.6 is 7.82 Å². The molecule has 31 heavy (non-hydrogen) atoms. The van der Waals surface area contributed by atoms with Crippen LogP contribution in [0.4, 0.5) is 0 Å². The Balaban J connectivity index is 0.000000491. The van der Waals surface area contributed by atoms with Crippen LogP contribution in [0, 0.1) is 0 Å². The molecular weight excluding hydrogens is 411 g/mol. The first-order valence-corrected chi connectivity index (χ1v) is 11.1. The molecule has 3 aromatic carbocycles. The second kappa shape index (κ2) is 10.1. The third kappa shape index (κ3) is 6.09. The maximum absolute atomic E-state index is 12.1. The lowest BCUT2D eigenvalue weighted by Crippen LogP contribution is -2.11. The second-order valence-electron chi connectivity index (χ2n) is 6.81. The molecular formula is C25H21O5P. The van der Waals surface area contributed by atoms with E-state index in [9.17, 15) is 4.79 Å². The lowest BCUT2D eigenvalue weighted by Gasteiger charge is -2.27. The van der Waals surface area contributed by atoms with E-state index >= 15 is 0 Å². The first kappa shape index (κ1) is 22.4. The molecule has 3 N–H and O–H groups in total. The summed E-state index contributed by atoms with van der Waals surface area (Å²) in [6, 6.07) is 30.5. The highest BCUT2D eigenvalue weighted by atomic mass is 31.2. The summed E-state index contributed by atoms with van der Waals surface area (Å²) < 4.78 is 8.88. The van der Waals surface area contributed by atoms with Gasteiger partial charge in [0.2, 0.25) is 0 Å². The Morgan fingerprint density at radius 2 is 1.13 bits per heavy atom. The summed E-state index contributed by atoms with van der Waals surface area (Å²) in [7, 11) is -4.64. The first-order chi connectivity index (χ1) is 14.9. The zero-order chi connectivity index (χ0) is 22.3. The van der Waals surface area contributed by atoms with Crippen molar-refractivity contribution in [1.82, 2.24) is 0 Å². The van der Waals surface area contributed by atoms with Gasteiger partial charge in [0, 0.05) is 5.92 Å². The molecule has 1 unspecified atom stereocenters. The SMILES string of the molecule is O=C=C1C(c2ccccc2)=CC=C(c2ccccc2)C1c1ccccc1.O=P(O)(O)O. The van der Waals surface area contributed by atoms with Crippen molar-refractivity contribution in [1.29, 1.82) is 0 Å². The van der Waals surface area contributed by atoms with Crippen LogP contribution in [0.15, 0.2) is 109 Å². The molecule has 0 fully saturated rings. The normalized spacial score (nSPS) is 15.7. The van der Waals surface area contributed by atoms with Gasteiger partial charge in [-0.25, -0.2) is 9.36 Å². The molecule has 1 aliphatic carbocycles. The fraction of sp³-hybridized carbons (Fsp3) is 0.0400. The number of carbonyl (C=O) groups excluding carboxylic acids is 1. The van der Waals surface area contributed by atoms with Gasteiger partial charge in [0.05, 0.1) is 5.57 Å². The highest BCUT2D eigenvalue weighted by molar-refractivity contribution is 7.45. The minimum atomic E-state index is -4.64. The standard InChI is InChI=1S/C25H18O.H3O4P/c26-18-24-22(19-10-4-1-5-11-19)16-17-23(20-12-6-2-7-13-20)25(24)21-14-8-3-9-15-21;1-5(2,3)4/h1-17,25H;(H3,1,2,3,4). The van der Waals surface area contributed by atoms with Crippen LogP contribution < -0.4 is 0 Å². The van der Waals surface area contributed by atoms with Crippen LogP contribution in [0.2, 0.25) is 0 Å². The van der Waals surface area contributed by atoms with Crippen molar-refractivity contribution in [2.75, 3.05) is 0 Å². The summed E-state index contributed by atoms with van der Waals surface area (Å²) in [4.78, 5) is 33.6. The van der Waals surface area contributed by atoms with Gasteiger partial charge in [0.15, 0.2) is 0 Å². The van der Waals surface area contributed by atoms with E-state index in [0.29, 0.717) is 5.57 Å². The molecule has 0 heterocycles. The van der Waals surface area contributed by atoms with Gasteiger partial charge < -0.3 is 14.7 Å². The average molecular weight is 432 g/mol. The molecule has 1 aliphatic rings. The van der Waals surface area contributed by atoms with E-state index in [1.54, 1.807) is 0 Å². The van der Waals surface area contributed by atoms with Crippen molar-refractivity contribution in [2.45, 2.75) is 5.92 Å². The van der Waals surface area contributed by atoms with Gasteiger partial charge in [0.25, 0.3) is 0 Å². The predicted molar refractivity (Wildman–Crippen MR) is 121 cm³/mol. The summed E-state index contributed by atoms with van der Waals surface area (Å²) in [6.45, 7) is 0. The number of allylic oxidation sites excluding steroid dienone is 5. The molecule has 6 heteroatoms. The van der Waals surface area contributed by atoms with Crippen LogP contribution in [0.1, 0.15) is 22.6 Å². The van der Waals surface area contributed by atoms with Gasteiger partial charge in [-0.3, -0.25) is 0 Å². The molecule has 0 saturated heterocycles. The van der Waals surface area contributed by atoms with Crippen molar-refractivity contribution < 1.29 is 24.0 Å². The van der Waals surface area contributed by atoms with Crippen LogP contribution in [0.3, 0.4) is 0 Å². The van der Waals surface area contributed by atoms with Crippen LogP contribution in [-0.4, -0.2) is 20.6 Å². The molecule has 0 aromatic heterocycles. The number of rotatable bonds is 3. The number of phosphoric acid groups is 1. The van der Waals surface area contributed by atoms with Crippen molar-refractivity contribution in [3.8, 4) is 0 Å². The Morgan fingerprint density at radius 1 is 0.677 bits per heavy atom. The van der Waals surface area contributed by atoms with Crippen LogP contribution in [0.25, 0.3) is 11.1 Å². The zero-order valence-electron chi connectivity index (χ0n) is 16.5. The highest BCUT2D eigenvalue weighted by Crippen LogP contribution is 2.45. The average Bonchev–Trinajstić information content (AvgIpc) is 2.78. The van der Waals surface area contributed by atoms with Crippen LogP contribution in [0.5, 0.6) is 0 Å². The molecule has 0 saturated carbocycles. The zero-order valence-corrected chi connectivity index (χ0v) is 17.4. The topological polar surface area (TPSA) is 94.8 Å². The molecule has 156 valence electrons. The Hall–Kier alpha value is -3.30. The second-order valence-corrected chi connectivity index (χ2v) is 7.83. The maximum atomic E-state index is 12.1. The molecule has 0 amide bonds. The van der Waals surface area contributed by atoms with Crippen molar-refractivity contribution in [3.63, 3.8) is 0 Å². The predicted octanol–water partition coefficient (Wildman–Crippen LogP) is 4.78. The number of hydrogen-bond donors (Lipinski definition) is 3. The molecule has 0 radical (unpaired) electrons. The number of hydrogen-bond acceptors (Lipinski definition) is 2. The van der Waals surface area contributed by atoms with Gasteiger partial charge >= 0.3 is 7.82 Å². The Kier molecular flexibility index (Phi) is 7.32. The summed E-state index contributed by atoms with van der Waals surface area (Å²) in [6.07, 6.45) is 4.17. The maximum Gasteiger partial charge on any atom is 0.466 e. The van der Waals surface area contributed by atoms with E-state index in [0.717, 1.165) is 27.8 Å². The summed E-state index contributed by atoms with van der Waals surface area (Å²) >= 11 is 0. The molecule has 5 nitrogen and oxygen atoms in total. The van der Waals surface area contributed by atoms with Gasteiger partial charge in [-0.15, -0.1) is 0 Å². The van der Waals surface area contributed by atoms with Gasteiger partial charge in [0.1, 0.15) is 5.94 Å². The molecule has 3 aromatic rings. The first-order valence-electron chi connectivity index (χ1n) is 9.50. The fourth-order valence-electron chi connectivity index (χ4n) is 3.54.